The molecule has 0 aromatic carbocycles. The maximum Gasteiger partial charge on any atom is 0.272 e. The number of aromatic nitrogens is 2. The van der Waals surface area contributed by atoms with Crippen molar-refractivity contribution in [3.8, 4) is 0 Å². The highest BCUT2D eigenvalue weighted by atomic mass is 16.2. The van der Waals surface area contributed by atoms with Crippen molar-refractivity contribution in [3.63, 3.8) is 0 Å². The summed E-state index contributed by atoms with van der Waals surface area (Å²) >= 11 is 0. The van der Waals surface area contributed by atoms with Crippen LogP contribution in [0.4, 0.5) is 0 Å². The van der Waals surface area contributed by atoms with E-state index in [0.717, 1.165) is 39.1 Å². The second-order valence-corrected chi connectivity index (χ2v) is 6.74. The van der Waals surface area contributed by atoms with Crippen LogP contribution in [0, 0.1) is 0 Å². The lowest BCUT2D eigenvalue weighted by Gasteiger charge is -2.25. The summed E-state index contributed by atoms with van der Waals surface area (Å²) in [6.07, 6.45) is 2.56. The molecule has 0 atom stereocenters. The summed E-state index contributed by atoms with van der Waals surface area (Å²) in [5, 5.41) is 4.26. The van der Waals surface area contributed by atoms with E-state index in [2.05, 4.69) is 10.00 Å². The van der Waals surface area contributed by atoms with Gasteiger partial charge in [-0.15, -0.1) is 0 Å². The van der Waals surface area contributed by atoms with Crippen LogP contribution in [-0.2, 0) is 4.79 Å². The molecule has 7 heteroatoms. The van der Waals surface area contributed by atoms with Crippen molar-refractivity contribution in [3.05, 3.63) is 18.0 Å². The van der Waals surface area contributed by atoms with Gasteiger partial charge in [0.2, 0.25) is 5.91 Å². The maximum atomic E-state index is 12.8. The average molecular weight is 349 g/mol. The Morgan fingerprint density at radius 2 is 1.88 bits per heavy atom. The summed E-state index contributed by atoms with van der Waals surface area (Å²) in [6.45, 7) is 12.9. The van der Waals surface area contributed by atoms with E-state index >= 15 is 0 Å². The van der Waals surface area contributed by atoms with Gasteiger partial charge in [-0.3, -0.25) is 19.2 Å². The number of hydrogen-bond acceptors (Lipinski definition) is 4. The van der Waals surface area contributed by atoms with E-state index in [9.17, 15) is 9.59 Å². The summed E-state index contributed by atoms with van der Waals surface area (Å²) in [6, 6.07) is 1.94. The molecule has 140 valence electrons. The summed E-state index contributed by atoms with van der Waals surface area (Å²) < 4.78 is 1.77. The van der Waals surface area contributed by atoms with Crippen LogP contribution < -0.4 is 0 Å². The smallest absolute Gasteiger partial charge is 0.272 e. The standard InChI is InChI=1S/C18H31N5O2/c1-5-21(6-2)17(24)14-20-10-7-11-22(13-12-20)18(25)16-8-9-19-23(16)15(3)4/h8-9,15H,5-7,10-14H2,1-4H3. The highest BCUT2D eigenvalue weighted by Gasteiger charge is 2.24. The van der Waals surface area contributed by atoms with E-state index in [1.54, 1.807) is 16.9 Å². The molecule has 1 aromatic heterocycles. The molecule has 1 fully saturated rings. The third-order valence-electron chi connectivity index (χ3n) is 4.73. The molecule has 0 N–H and O–H groups in total. The van der Waals surface area contributed by atoms with Crippen molar-refractivity contribution in [2.75, 3.05) is 45.8 Å². The first-order valence-corrected chi connectivity index (χ1v) is 9.30. The lowest BCUT2D eigenvalue weighted by Crippen LogP contribution is -2.42. The minimum absolute atomic E-state index is 0.0307. The van der Waals surface area contributed by atoms with E-state index in [1.165, 1.54) is 0 Å². The SMILES string of the molecule is CCN(CC)C(=O)CN1CCCN(C(=O)c2ccnn2C(C)C)CC1. The molecule has 0 saturated carbocycles. The van der Waals surface area contributed by atoms with Crippen LogP contribution in [0.25, 0.3) is 0 Å². The summed E-state index contributed by atoms with van der Waals surface area (Å²) in [4.78, 5) is 31.0. The van der Waals surface area contributed by atoms with E-state index in [1.807, 2.05) is 37.5 Å². The summed E-state index contributed by atoms with van der Waals surface area (Å²) in [7, 11) is 0. The summed E-state index contributed by atoms with van der Waals surface area (Å²) in [5.41, 5.74) is 0.641. The monoisotopic (exact) mass is 349 g/mol. The Bertz CT molecular complexity index is 580. The topological polar surface area (TPSA) is 61.7 Å². The van der Waals surface area contributed by atoms with Crippen LogP contribution in [0.1, 0.15) is 50.6 Å². The molecule has 25 heavy (non-hydrogen) atoms. The number of rotatable bonds is 6. The van der Waals surface area contributed by atoms with Gasteiger partial charge in [0.1, 0.15) is 5.69 Å². The van der Waals surface area contributed by atoms with Crippen molar-refractivity contribution >= 4 is 11.8 Å². The Hall–Kier alpha value is -1.89. The van der Waals surface area contributed by atoms with Crippen LogP contribution in [0.5, 0.6) is 0 Å². The molecular formula is C18H31N5O2. The number of amides is 2. The average Bonchev–Trinajstić information content (AvgIpc) is 2.97. The second kappa shape index (κ2) is 8.99. The van der Waals surface area contributed by atoms with Gasteiger partial charge in [-0.2, -0.15) is 5.10 Å². The Labute approximate surface area is 150 Å². The van der Waals surface area contributed by atoms with Crippen molar-refractivity contribution in [1.82, 2.24) is 24.5 Å². The Morgan fingerprint density at radius 3 is 2.52 bits per heavy atom. The Kier molecular flexibility index (Phi) is 6.99. The largest absolute Gasteiger partial charge is 0.342 e. The third-order valence-corrected chi connectivity index (χ3v) is 4.73. The predicted molar refractivity (Wildman–Crippen MR) is 97.5 cm³/mol. The van der Waals surface area contributed by atoms with Gasteiger partial charge in [-0.1, -0.05) is 0 Å². The lowest BCUT2D eigenvalue weighted by atomic mass is 10.3. The number of carbonyl (C=O) groups is 2. The van der Waals surface area contributed by atoms with Crippen LogP contribution in [0.3, 0.4) is 0 Å². The highest BCUT2D eigenvalue weighted by Crippen LogP contribution is 2.13. The van der Waals surface area contributed by atoms with Gasteiger partial charge in [0.05, 0.1) is 6.54 Å². The molecule has 2 amide bonds. The lowest BCUT2D eigenvalue weighted by molar-refractivity contribution is -0.132. The van der Waals surface area contributed by atoms with Crippen LogP contribution in [0.2, 0.25) is 0 Å². The number of nitrogens with zero attached hydrogens (tertiary/aromatic N) is 5. The number of likely N-dealkylation sites (N-methyl/N-ethyl adjacent to an activating group) is 1. The minimum Gasteiger partial charge on any atom is -0.342 e. The first-order valence-electron chi connectivity index (χ1n) is 9.30. The van der Waals surface area contributed by atoms with Gasteiger partial charge in [-0.05, 0) is 40.2 Å². The normalized spacial score (nSPS) is 16.1. The zero-order valence-electron chi connectivity index (χ0n) is 15.9. The fraction of sp³-hybridized carbons (Fsp3) is 0.722. The quantitative estimate of drug-likeness (QED) is 0.780. The zero-order chi connectivity index (χ0) is 18.4. The van der Waals surface area contributed by atoms with Gasteiger partial charge >= 0.3 is 0 Å². The molecule has 7 nitrogen and oxygen atoms in total. The molecular weight excluding hydrogens is 318 g/mol. The Balaban J connectivity index is 1.96. The molecule has 0 radical (unpaired) electrons. The molecule has 0 aliphatic carbocycles. The minimum atomic E-state index is 0.0307. The zero-order valence-corrected chi connectivity index (χ0v) is 15.9. The molecule has 0 unspecified atom stereocenters. The molecule has 0 bridgehead atoms. The number of hydrogen-bond donors (Lipinski definition) is 0. The van der Waals surface area contributed by atoms with Gasteiger partial charge < -0.3 is 9.80 Å². The molecule has 2 rings (SSSR count). The fourth-order valence-electron chi connectivity index (χ4n) is 3.26. The first kappa shape index (κ1) is 19.4. The van der Waals surface area contributed by atoms with Crippen molar-refractivity contribution in [2.45, 2.75) is 40.2 Å². The van der Waals surface area contributed by atoms with Crippen LogP contribution in [0.15, 0.2) is 12.3 Å². The number of carbonyl (C=O) groups excluding carboxylic acids is 2. The van der Waals surface area contributed by atoms with Crippen molar-refractivity contribution < 1.29 is 9.59 Å². The van der Waals surface area contributed by atoms with Gasteiger partial charge in [-0.25, -0.2) is 0 Å². The fourth-order valence-corrected chi connectivity index (χ4v) is 3.26. The molecule has 1 saturated heterocycles. The maximum absolute atomic E-state index is 12.8. The molecule has 1 aromatic rings. The molecule has 0 spiro atoms. The second-order valence-electron chi connectivity index (χ2n) is 6.74. The molecule has 2 heterocycles. The summed E-state index contributed by atoms with van der Waals surface area (Å²) in [5.74, 6) is 0.200. The van der Waals surface area contributed by atoms with E-state index < -0.39 is 0 Å². The first-order chi connectivity index (χ1) is 12.0. The van der Waals surface area contributed by atoms with Gasteiger partial charge in [0.15, 0.2) is 0 Å². The van der Waals surface area contributed by atoms with E-state index in [4.69, 9.17) is 0 Å². The molecule has 1 aliphatic heterocycles. The van der Waals surface area contributed by atoms with Crippen LogP contribution >= 0.6 is 0 Å². The van der Waals surface area contributed by atoms with E-state index in [0.29, 0.717) is 18.8 Å². The van der Waals surface area contributed by atoms with Crippen molar-refractivity contribution in [1.29, 1.82) is 0 Å². The highest BCUT2D eigenvalue weighted by molar-refractivity contribution is 5.92. The third kappa shape index (κ3) is 4.81. The van der Waals surface area contributed by atoms with Gasteiger partial charge in [0.25, 0.3) is 5.91 Å². The van der Waals surface area contributed by atoms with Crippen molar-refractivity contribution in [2.24, 2.45) is 0 Å². The van der Waals surface area contributed by atoms with E-state index in [-0.39, 0.29) is 17.9 Å². The Morgan fingerprint density at radius 1 is 1.16 bits per heavy atom. The predicted octanol–water partition coefficient (Wildman–Crippen LogP) is 1.48. The van der Waals surface area contributed by atoms with Gasteiger partial charge in [0, 0.05) is 51.5 Å². The molecule has 1 aliphatic rings. The van der Waals surface area contributed by atoms with Crippen LogP contribution in [-0.4, -0.2) is 82.1 Å².